The van der Waals surface area contributed by atoms with Crippen molar-refractivity contribution in [2.75, 3.05) is 13.2 Å². The maximum atomic E-state index is 13.0. The number of benzene rings is 1. The first-order valence-electron chi connectivity index (χ1n) is 6.43. The van der Waals surface area contributed by atoms with Gasteiger partial charge >= 0.3 is 0 Å². The van der Waals surface area contributed by atoms with E-state index in [9.17, 15) is 9.18 Å². The lowest BCUT2D eigenvalue weighted by Crippen LogP contribution is -2.33. The van der Waals surface area contributed by atoms with Crippen LogP contribution >= 0.6 is 0 Å². The van der Waals surface area contributed by atoms with Gasteiger partial charge in [0, 0.05) is 12.1 Å². The van der Waals surface area contributed by atoms with Crippen LogP contribution in [0.4, 0.5) is 4.39 Å². The van der Waals surface area contributed by atoms with E-state index in [1.54, 1.807) is 6.07 Å². The van der Waals surface area contributed by atoms with Crippen LogP contribution in [-0.2, 0) is 4.74 Å². The number of hydrogen-bond acceptors (Lipinski definition) is 3. The molecule has 19 heavy (non-hydrogen) atoms. The highest BCUT2D eigenvalue weighted by Gasteiger charge is 2.21. The fraction of sp³-hybridized carbons (Fsp3) is 0.429. The third-order valence-corrected chi connectivity index (χ3v) is 2.78. The number of carbonyl (C=O) groups is 1. The monoisotopic (exact) mass is 264 g/mol. The molecule has 0 aromatic heterocycles. The lowest BCUT2D eigenvalue weighted by atomic mass is 10.2. The topological polar surface area (TPSA) is 50.7 Å². The highest BCUT2D eigenvalue weighted by Crippen LogP contribution is 2.28. The molecule has 1 aromatic carbocycles. The molecule has 5 heteroatoms. The highest BCUT2D eigenvalue weighted by molar-refractivity contribution is 6.04. The minimum absolute atomic E-state index is 0.212. The SMILES string of the molecule is CCOC(=NCC1CC1)NC(=O)c1cccc(F)c1. The molecule has 0 spiro atoms. The summed E-state index contributed by atoms with van der Waals surface area (Å²) in [5, 5.41) is 2.57. The zero-order valence-electron chi connectivity index (χ0n) is 10.9. The number of nitrogens with one attached hydrogen (secondary N) is 1. The van der Waals surface area contributed by atoms with Crippen LogP contribution in [0.5, 0.6) is 0 Å². The molecule has 1 saturated carbocycles. The van der Waals surface area contributed by atoms with E-state index in [0.29, 0.717) is 19.1 Å². The van der Waals surface area contributed by atoms with Gasteiger partial charge in [0.2, 0.25) is 0 Å². The van der Waals surface area contributed by atoms with Gasteiger partial charge in [-0.2, -0.15) is 0 Å². The second kappa shape index (κ2) is 6.31. The molecule has 0 saturated heterocycles. The quantitative estimate of drug-likeness (QED) is 0.670. The molecule has 1 amide bonds. The fourth-order valence-electron chi connectivity index (χ4n) is 1.57. The molecular weight excluding hydrogens is 247 g/mol. The molecule has 0 aliphatic heterocycles. The molecule has 1 aliphatic rings. The lowest BCUT2D eigenvalue weighted by molar-refractivity contribution is 0.0965. The third-order valence-electron chi connectivity index (χ3n) is 2.78. The van der Waals surface area contributed by atoms with E-state index in [2.05, 4.69) is 10.3 Å². The van der Waals surface area contributed by atoms with Crippen molar-refractivity contribution in [3.8, 4) is 0 Å². The number of amidine groups is 1. The molecule has 1 fully saturated rings. The van der Waals surface area contributed by atoms with E-state index in [4.69, 9.17) is 4.74 Å². The molecular formula is C14H17FN2O2. The smallest absolute Gasteiger partial charge is 0.291 e. The standard InChI is InChI=1S/C14H17FN2O2/c1-2-19-14(16-9-10-6-7-10)17-13(18)11-4-3-5-12(15)8-11/h3-5,8,10H,2,6-7,9H2,1H3,(H,16,17,18). The van der Waals surface area contributed by atoms with Crippen LogP contribution in [0.25, 0.3) is 0 Å². The summed E-state index contributed by atoms with van der Waals surface area (Å²) in [7, 11) is 0. The van der Waals surface area contributed by atoms with E-state index < -0.39 is 11.7 Å². The van der Waals surface area contributed by atoms with Crippen molar-refractivity contribution in [1.82, 2.24) is 5.32 Å². The van der Waals surface area contributed by atoms with Crippen molar-refractivity contribution < 1.29 is 13.9 Å². The fourth-order valence-corrected chi connectivity index (χ4v) is 1.57. The summed E-state index contributed by atoms with van der Waals surface area (Å²) in [4.78, 5) is 16.1. The molecule has 1 aromatic rings. The lowest BCUT2D eigenvalue weighted by Gasteiger charge is -2.09. The van der Waals surface area contributed by atoms with Crippen LogP contribution in [-0.4, -0.2) is 25.1 Å². The van der Waals surface area contributed by atoms with Gasteiger partial charge < -0.3 is 4.74 Å². The summed E-state index contributed by atoms with van der Waals surface area (Å²) in [6.07, 6.45) is 2.36. The summed E-state index contributed by atoms with van der Waals surface area (Å²) < 4.78 is 18.3. The van der Waals surface area contributed by atoms with Crippen LogP contribution in [0.1, 0.15) is 30.1 Å². The zero-order chi connectivity index (χ0) is 13.7. The van der Waals surface area contributed by atoms with E-state index in [-0.39, 0.29) is 11.6 Å². The maximum absolute atomic E-state index is 13.0. The van der Waals surface area contributed by atoms with Crippen molar-refractivity contribution in [3.05, 3.63) is 35.6 Å². The van der Waals surface area contributed by atoms with Gasteiger partial charge in [0.1, 0.15) is 5.82 Å². The van der Waals surface area contributed by atoms with Crippen molar-refractivity contribution in [3.63, 3.8) is 0 Å². The Morgan fingerprint density at radius 1 is 1.53 bits per heavy atom. The minimum atomic E-state index is -0.444. The number of carbonyl (C=O) groups excluding carboxylic acids is 1. The van der Waals surface area contributed by atoms with Gasteiger partial charge in [0.05, 0.1) is 6.61 Å². The van der Waals surface area contributed by atoms with Gasteiger partial charge in [-0.15, -0.1) is 0 Å². The predicted octanol–water partition coefficient (Wildman–Crippen LogP) is 2.36. The number of amides is 1. The normalized spacial score (nSPS) is 15.2. The molecule has 1 aliphatic carbocycles. The molecule has 0 bridgehead atoms. The maximum Gasteiger partial charge on any atom is 0.291 e. The third kappa shape index (κ3) is 4.35. The Hall–Kier alpha value is -1.91. The second-order valence-electron chi connectivity index (χ2n) is 4.49. The number of aliphatic imine (C=N–C) groups is 1. The number of hydrogen-bond donors (Lipinski definition) is 1. The van der Waals surface area contributed by atoms with Gasteiger partial charge in [-0.25, -0.2) is 9.38 Å². The zero-order valence-corrected chi connectivity index (χ0v) is 10.9. The van der Waals surface area contributed by atoms with Crippen LogP contribution in [0.15, 0.2) is 29.3 Å². The second-order valence-corrected chi connectivity index (χ2v) is 4.49. The Morgan fingerprint density at radius 2 is 2.32 bits per heavy atom. The average Bonchev–Trinajstić information content (AvgIpc) is 3.20. The molecule has 2 rings (SSSR count). The number of rotatable bonds is 4. The Balaban J connectivity index is 1.99. The Labute approximate surface area is 111 Å². The van der Waals surface area contributed by atoms with E-state index >= 15 is 0 Å². The van der Waals surface area contributed by atoms with Crippen LogP contribution in [0.3, 0.4) is 0 Å². The van der Waals surface area contributed by atoms with Crippen LogP contribution in [0.2, 0.25) is 0 Å². The van der Waals surface area contributed by atoms with Crippen LogP contribution < -0.4 is 5.32 Å². The molecule has 4 nitrogen and oxygen atoms in total. The number of ether oxygens (including phenoxy) is 1. The minimum Gasteiger partial charge on any atom is -0.465 e. The molecule has 0 heterocycles. The van der Waals surface area contributed by atoms with Crippen molar-refractivity contribution in [2.24, 2.45) is 10.9 Å². The summed E-state index contributed by atoms with van der Waals surface area (Å²) in [6, 6.07) is 5.72. The summed E-state index contributed by atoms with van der Waals surface area (Å²) in [5.41, 5.74) is 0.249. The van der Waals surface area contributed by atoms with E-state index in [1.165, 1.54) is 31.0 Å². The van der Waals surface area contributed by atoms with E-state index in [0.717, 1.165) is 0 Å². The highest BCUT2D eigenvalue weighted by atomic mass is 19.1. The molecule has 0 radical (unpaired) electrons. The summed E-state index contributed by atoms with van der Waals surface area (Å²) in [6.45, 7) is 2.91. The molecule has 1 N–H and O–H groups in total. The average molecular weight is 264 g/mol. The predicted molar refractivity (Wildman–Crippen MR) is 70.5 cm³/mol. The van der Waals surface area contributed by atoms with Crippen molar-refractivity contribution >= 4 is 11.9 Å². The van der Waals surface area contributed by atoms with Gasteiger partial charge in [0.25, 0.3) is 11.9 Å². The number of nitrogens with zero attached hydrogens (tertiary/aromatic N) is 1. The van der Waals surface area contributed by atoms with Gasteiger partial charge in [-0.3, -0.25) is 10.1 Å². The van der Waals surface area contributed by atoms with Gasteiger partial charge in [-0.1, -0.05) is 6.07 Å². The first-order chi connectivity index (χ1) is 9.19. The first kappa shape index (κ1) is 13.5. The van der Waals surface area contributed by atoms with Crippen molar-refractivity contribution in [1.29, 1.82) is 0 Å². The summed E-state index contributed by atoms with van der Waals surface area (Å²) in [5.74, 6) is -0.246. The van der Waals surface area contributed by atoms with Gasteiger partial charge in [-0.05, 0) is 43.9 Å². The van der Waals surface area contributed by atoms with Gasteiger partial charge in [0.15, 0.2) is 0 Å². The van der Waals surface area contributed by atoms with E-state index in [1.807, 2.05) is 6.92 Å². The van der Waals surface area contributed by atoms with Crippen molar-refractivity contribution in [2.45, 2.75) is 19.8 Å². The Morgan fingerprint density at radius 3 is 2.95 bits per heavy atom. The molecule has 0 unspecified atom stereocenters. The number of halogens is 1. The molecule has 0 atom stereocenters. The first-order valence-corrected chi connectivity index (χ1v) is 6.43. The Bertz CT molecular complexity index is 484. The largest absolute Gasteiger partial charge is 0.465 e. The summed E-state index contributed by atoms with van der Waals surface area (Å²) >= 11 is 0. The molecule has 102 valence electrons. The van der Waals surface area contributed by atoms with Crippen LogP contribution in [0, 0.1) is 11.7 Å². The Kier molecular flexibility index (Phi) is 4.49.